The van der Waals surface area contributed by atoms with Crippen LogP contribution in [-0.4, -0.2) is 18.1 Å². The van der Waals surface area contributed by atoms with Crippen LogP contribution < -0.4 is 10.6 Å². The van der Waals surface area contributed by atoms with E-state index in [1.54, 1.807) is 0 Å². The maximum atomic E-state index is 3.63. The van der Waals surface area contributed by atoms with Gasteiger partial charge in [0.25, 0.3) is 0 Å². The van der Waals surface area contributed by atoms with Crippen LogP contribution in [0.2, 0.25) is 0 Å². The molecule has 0 bridgehead atoms. The third-order valence-corrected chi connectivity index (χ3v) is 4.13. The quantitative estimate of drug-likeness (QED) is 0.823. The summed E-state index contributed by atoms with van der Waals surface area (Å²) in [6.45, 7) is 8.84. The van der Waals surface area contributed by atoms with Crippen LogP contribution in [0.1, 0.15) is 30.7 Å². The Morgan fingerprint density at radius 1 is 1.60 bits per heavy atom. The maximum absolute atomic E-state index is 3.63. The average Bonchev–Trinajstić information content (AvgIpc) is 2.69. The van der Waals surface area contributed by atoms with Gasteiger partial charge in [0, 0.05) is 29.5 Å². The highest BCUT2D eigenvalue weighted by Gasteiger charge is 2.29. The molecule has 2 heterocycles. The molecule has 0 radical (unpaired) electrons. The molecular formula is C12H20N2S. The molecule has 2 rings (SSSR count). The van der Waals surface area contributed by atoms with Crippen LogP contribution in [0.4, 0.5) is 0 Å². The van der Waals surface area contributed by atoms with E-state index >= 15 is 0 Å². The van der Waals surface area contributed by atoms with Crippen molar-refractivity contribution >= 4 is 11.3 Å². The Hall–Kier alpha value is -0.380. The molecule has 1 unspecified atom stereocenters. The molecular weight excluding hydrogens is 204 g/mol. The van der Waals surface area contributed by atoms with Gasteiger partial charge in [0.1, 0.15) is 0 Å². The highest BCUT2D eigenvalue weighted by molar-refractivity contribution is 7.10. The Labute approximate surface area is 96.1 Å². The van der Waals surface area contributed by atoms with Gasteiger partial charge in [-0.25, -0.2) is 0 Å². The molecule has 3 heteroatoms. The number of aryl methyl sites for hydroxylation is 1. The molecule has 84 valence electrons. The largest absolute Gasteiger partial charge is 0.310 e. The van der Waals surface area contributed by atoms with Gasteiger partial charge in [-0.3, -0.25) is 0 Å². The molecule has 0 amide bonds. The fourth-order valence-corrected chi connectivity index (χ4v) is 2.98. The second-order valence-electron chi connectivity index (χ2n) is 5.07. The first-order valence-corrected chi connectivity index (χ1v) is 6.46. The molecule has 1 aliphatic rings. The first-order valence-electron chi connectivity index (χ1n) is 5.58. The third-order valence-electron chi connectivity index (χ3n) is 3.10. The molecule has 0 saturated carbocycles. The second-order valence-corrected chi connectivity index (χ2v) is 6.07. The molecule has 1 saturated heterocycles. The topological polar surface area (TPSA) is 24.1 Å². The van der Waals surface area contributed by atoms with Gasteiger partial charge in [0.2, 0.25) is 0 Å². The van der Waals surface area contributed by atoms with Gasteiger partial charge in [-0.1, -0.05) is 0 Å². The first-order chi connectivity index (χ1) is 7.07. The first kappa shape index (κ1) is 11.1. The molecule has 0 spiro atoms. The fourth-order valence-electron chi connectivity index (χ4n) is 2.13. The molecule has 1 aromatic rings. The van der Waals surface area contributed by atoms with Crippen LogP contribution in [0.25, 0.3) is 0 Å². The van der Waals surface area contributed by atoms with E-state index in [1.807, 2.05) is 11.3 Å². The monoisotopic (exact) mass is 224 g/mol. The van der Waals surface area contributed by atoms with E-state index in [4.69, 9.17) is 0 Å². The Morgan fingerprint density at radius 2 is 2.40 bits per heavy atom. The van der Waals surface area contributed by atoms with Crippen molar-refractivity contribution in [1.82, 2.24) is 10.6 Å². The SMILES string of the molecule is Cc1ccsc1CNC1CNC(C)(C)C1. The summed E-state index contributed by atoms with van der Waals surface area (Å²) >= 11 is 1.85. The minimum Gasteiger partial charge on any atom is -0.310 e. The van der Waals surface area contributed by atoms with E-state index in [2.05, 4.69) is 42.9 Å². The van der Waals surface area contributed by atoms with Gasteiger partial charge in [-0.15, -0.1) is 11.3 Å². The lowest BCUT2D eigenvalue weighted by Crippen LogP contribution is -2.31. The maximum Gasteiger partial charge on any atom is 0.0305 e. The van der Waals surface area contributed by atoms with Crippen molar-refractivity contribution in [2.45, 2.75) is 45.3 Å². The van der Waals surface area contributed by atoms with Crippen molar-refractivity contribution < 1.29 is 0 Å². The minimum absolute atomic E-state index is 0.308. The zero-order valence-electron chi connectivity index (χ0n) is 9.76. The summed E-state index contributed by atoms with van der Waals surface area (Å²) in [5, 5.41) is 9.33. The Morgan fingerprint density at radius 3 is 2.93 bits per heavy atom. The van der Waals surface area contributed by atoms with E-state index in [0.29, 0.717) is 11.6 Å². The molecule has 1 aromatic heterocycles. The van der Waals surface area contributed by atoms with Crippen LogP contribution in [-0.2, 0) is 6.54 Å². The van der Waals surface area contributed by atoms with Crippen LogP contribution in [0, 0.1) is 6.92 Å². The third kappa shape index (κ3) is 2.80. The molecule has 2 N–H and O–H groups in total. The molecule has 2 nitrogen and oxygen atoms in total. The van der Waals surface area contributed by atoms with Gasteiger partial charge >= 0.3 is 0 Å². The Balaban J connectivity index is 1.83. The van der Waals surface area contributed by atoms with Crippen LogP contribution in [0.3, 0.4) is 0 Å². The number of nitrogens with one attached hydrogen (secondary N) is 2. The number of rotatable bonds is 3. The van der Waals surface area contributed by atoms with Crippen LogP contribution >= 0.6 is 11.3 Å². The molecule has 1 atom stereocenters. The summed E-state index contributed by atoms with van der Waals surface area (Å²) in [7, 11) is 0. The lowest BCUT2D eigenvalue weighted by Gasteiger charge is -2.17. The number of hydrogen-bond acceptors (Lipinski definition) is 3. The summed E-state index contributed by atoms with van der Waals surface area (Å²) in [5.41, 5.74) is 1.72. The summed E-state index contributed by atoms with van der Waals surface area (Å²) < 4.78 is 0. The summed E-state index contributed by atoms with van der Waals surface area (Å²) in [5.74, 6) is 0. The van der Waals surface area contributed by atoms with Crippen molar-refractivity contribution in [3.05, 3.63) is 21.9 Å². The van der Waals surface area contributed by atoms with Crippen molar-refractivity contribution in [3.63, 3.8) is 0 Å². The summed E-state index contributed by atoms with van der Waals surface area (Å²) in [6, 6.07) is 2.82. The molecule has 15 heavy (non-hydrogen) atoms. The Bertz CT molecular complexity index is 330. The normalized spacial score (nSPS) is 24.6. The van der Waals surface area contributed by atoms with Crippen LogP contribution in [0.15, 0.2) is 11.4 Å². The van der Waals surface area contributed by atoms with Gasteiger partial charge in [0.05, 0.1) is 0 Å². The van der Waals surface area contributed by atoms with E-state index in [-0.39, 0.29) is 0 Å². The number of hydrogen-bond donors (Lipinski definition) is 2. The predicted octanol–water partition coefficient (Wildman–Crippen LogP) is 2.29. The Kier molecular flexibility index (Phi) is 3.14. The average molecular weight is 224 g/mol. The molecule has 0 aromatic carbocycles. The highest BCUT2D eigenvalue weighted by Crippen LogP contribution is 2.20. The second kappa shape index (κ2) is 4.24. The van der Waals surface area contributed by atoms with Crippen molar-refractivity contribution in [1.29, 1.82) is 0 Å². The van der Waals surface area contributed by atoms with E-state index in [9.17, 15) is 0 Å². The van der Waals surface area contributed by atoms with Gasteiger partial charge in [-0.2, -0.15) is 0 Å². The van der Waals surface area contributed by atoms with Crippen molar-refractivity contribution in [3.8, 4) is 0 Å². The van der Waals surface area contributed by atoms with E-state index < -0.39 is 0 Å². The van der Waals surface area contributed by atoms with E-state index in [0.717, 1.165) is 13.1 Å². The number of thiophene rings is 1. The fraction of sp³-hybridized carbons (Fsp3) is 0.667. The molecule has 1 aliphatic heterocycles. The van der Waals surface area contributed by atoms with Gasteiger partial charge < -0.3 is 10.6 Å². The molecule has 1 fully saturated rings. The standard InChI is InChI=1S/C12H20N2S/c1-9-4-5-15-11(9)8-13-10-6-12(2,3)14-7-10/h4-5,10,13-14H,6-8H2,1-3H3. The van der Waals surface area contributed by atoms with Crippen LogP contribution in [0.5, 0.6) is 0 Å². The molecule has 0 aliphatic carbocycles. The van der Waals surface area contributed by atoms with Crippen molar-refractivity contribution in [2.24, 2.45) is 0 Å². The van der Waals surface area contributed by atoms with Gasteiger partial charge in [-0.05, 0) is 44.2 Å². The van der Waals surface area contributed by atoms with E-state index in [1.165, 1.54) is 16.9 Å². The summed E-state index contributed by atoms with van der Waals surface area (Å²) in [4.78, 5) is 1.47. The lowest BCUT2D eigenvalue weighted by atomic mass is 10.0. The smallest absolute Gasteiger partial charge is 0.0305 e. The minimum atomic E-state index is 0.308. The summed E-state index contributed by atoms with van der Waals surface area (Å²) in [6.07, 6.45) is 1.22. The van der Waals surface area contributed by atoms with Crippen molar-refractivity contribution in [2.75, 3.05) is 6.54 Å². The zero-order chi connectivity index (χ0) is 10.9. The predicted molar refractivity (Wildman–Crippen MR) is 66.4 cm³/mol. The zero-order valence-corrected chi connectivity index (χ0v) is 10.6. The lowest BCUT2D eigenvalue weighted by molar-refractivity contribution is 0.442. The highest BCUT2D eigenvalue weighted by atomic mass is 32.1. The van der Waals surface area contributed by atoms with Gasteiger partial charge in [0.15, 0.2) is 0 Å².